The van der Waals surface area contributed by atoms with Crippen LogP contribution in [-0.4, -0.2) is 5.97 Å². The zero-order chi connectivity index (χ0) is 14.0. The fourth-order valence-electron chi connectivity index (χ4n) is 0.934. The average molecular weight is 369 g/mol. The first kappa shape index (κ1) is 16.2. The van der Waals surface area contributed by atoms with E-state index in [1.54, 1.807) is 6.92 Å². The number of hydrogen-bond donors (Lipinski definition) is 0. The van der Waals surface area contributed by atoms with Gasteiger partial charge in [-0.1, -0.05) is 75.7 Å². The molecule has 18 heavy (non-hydrogen) atoms. The quantitative estimate of drug-likeness (QED) is 0.210. The second-order valence-electron chi connectivity index (χ2n) is 2.93. The number of rotatable bonds is 2. The van der Waals surface area contributed by atoms with Crippen LogP contribution in [0.3, 0.4) is 0 Å². The third-order valence-electron chi connectivity index (χ3n) is 1.81. The molecule has 0 spiro atoms. The van der Waals surface area contributed by atoms with Gasteiger partial charge in [-0.2, -0.15) is 0 Å². The molecule has 0 bridgehead atoms. The van der Waals surface area contributed by atoms with Gasteiger partial charge in [-0.15, -0.1) is 0 Å². The lowest BCUT2D eigenvalue weighted by molar-refractivity contribution is -0.129. The molecular formula is C10H4Cl6O2. The van der Waals surface area contributed by atoms with Crippen molar-refractivity contribution in [1.29, 1.82) is 0 Å². The Morgan fingerprint density at radius 3 is 1.72 bits per heavy atom. The molecule has 0 amide bonds. The van der Waals surface area contributed by atoms with E-state index in [4.69, 9.17) is 74.3 Å². The minimum absolute atomic E-state index is 0.0229. The highest BCUT2D eigenvalue weighted by molar-refractivity contribution is 6.55. The minimum atomic E-state index is -0.836. The summed E-state index contributed by atoms with van der Waals surface area (Å²) in [5.41, 5.74) is 0. The highest BCUT2D eigenvalue weighted by Crippen LogP contribution is 2.48. The van der Waals surface area contributed by atoms with E-state index in [2.05, 4.69) is 0 Å². The molecule has 98 valence electrons. The molecule has 0 aliphatic rings. The van der Waals surface area contributed by atoms with E-state index in [0.717, 1.165) is 0 Å². The van der Waals surface area contributed by atoms with Gasteiger partial charge in [0.1, 0.15) is 15.1 Å². The lowest BCUT2D eigenvalue weighted by atomic mass is 10.3. The Kier molecular flexibility index (Phi) is 5.91. The number of halogens is 6. The van der Waals surface area contributed by atoms with Gasteiger partial charge in [-0.25, -0.2) is 4.79 Å². The number of hydrogen-bond acceptors (Lipinski definition) is 2. The van der Waals surface area contributed by atoms with Gasteiger partial charge in [0.05, 0.1) is 15.1 Å². The Labute approximate surface area is 133 Å². The van der Waals surface area contributed by atoms with Gasteiger partial charge >= 0.3 is 5.97 Å². The van der Waals surface area contributed by atoms with Crippen LogP contribution in [0.25, 0.3) is 0 Å². The topological polar surface area (TPSA) is 26.3 Å². The number of carbonyl (C=O) groups excluding carboxylic acids is 1. The van der Waals surface area contributed by atoms with E-state index < -0.39 is 5.97 Å². The molecule has 0 aliphatic carbocycles. The molecule has 2 nitrogen and oxygen atoms in total. The van der Waals surface area contributed by atoms with Crippen LogP contribution < -0.4 is 4.74 Å². The van der Waals surface area contributed by atoms with Crippen LogP contribution in [0.4, 0.5) is 0 Å². The van der Waals surface area contributed by atoms with Gasteiger partial charge in [-0.05, 0) is 6.92 Å². The van der Waals surface area contributed by atoms with E-state index in [1.165, 1.54) is 6.08 Å². The Bertz CT molecular complexity index is 509. The van der Waals surface area contributed by atoms with Gasteiger partial charge < -0.3 is 4.74 Å². The van der Waals surface area contributed by atoms with Crippen LogP contribution in [0.15, 0.2) is 11.1 Å². The number of allylic oxidation sites excluding steroid dienone is 1. The highest BCUT2D eigenvalue weighted by Gasteiger charge is 2.23. The summed E-state index contributed by atoms with van der Waals surface area (Å²) in [7, 11) is 0. The molecule has 0 aromatic heterocycles. The molecule has 0 radical (unpaired) electrons. The molecule has 1 aromatic rings. The molecular weight excluding hydrogens is 365 g/mol. The number of benzene rings is 1. The van der Waals surface area contributed by atoms with Crippen LogP contribution in [0.5, 0.6) is 5.75 Å². The first-order chi connectivity index (χ1) is 8.31. The first-order valence-electron chi connectivity index (χ1n) is 4.36. The fourth-order valence-corrected chi connectivity index (χ4v) is 2.17. The average Bonchev–Trinajstić information content (AvgIpc) is 2.37. The molecule has 0 heterocycles. The lowest BCUT2D eigenvalue weighted by Crippen LogP contribution is -2.08. The molecule has 0 unspecified atom stereocenters. The molecule has 0 fully saturated rings. The fraction of sp³-hybridized carbons (Fsp3) is 0.100. The van der Waals surface area contributed by atoms with E-state index in [-0.39, 0.29) is 35.9 Å². The predicted molar refractivity (Wildman–Crippen MR) is 76.7 cm³/mol. The van der Waals surface area contributed by atoms with Crippen molar-refractivity contribution in [3.05, 3.63) is 36.2 Å². The van der Waals surface area contributed by atoms with E-state index in [0.29, 0.717) is 0 Å². The molecule has 1 rings (SSSR count). The summed E-state index contributed by atoms with van der Waals surface area (Å²) < 4.78 is 4.91. The minimum Gasteiger partial charge on any atom is -0.419 e. The van der Waals surface area contributed by atoms with Gasteiger partial charge in [0.25, 0.3) is 0 Å². The summed E-state index contributed by atoms with van der Waals surface area (Å²) >= 11 is 34.7. The van der Waals surface area contributed by atoms with Crippen LogP contribution in [0.1, 0.15) is 6.92 Å². The standard InChI is InChI=1S/C10H4Cl6O2/c1-2-3(11)10(17)18-9-7(15)5(13)4(12)6(14)8(9)16/h2H,1H3/b3-2-. The third-order valence-corrected chi connectivity index (χ3v) is 4.43. The summed E-state index contributed by atoms with van der Waals surface area (Å²) in [5, 5.41) is -0.524. The number of esters is 1. The lowest BCUT2D eigenvalue weighted by Gasteiger charge is -2.11. The molecule has 1 aromatic carbocycles. The zero-order valence-electron chi connectivity index (χ0n) is 8.66. The number of ether oxygens (including phenoxy) is 1. The second kappa shape index (κ2) is 6.56. The maximum atomic E-state index is 11.5. The van der Waals surface area contributed by atoms with Gasteiger partial charge in [0.2, 0.25) is 0 Å². The molecule has 0 saturated heterocycles. The summed E-state index contributed by atoms with van der Waals surface area (Å²) in [4.78, 5) is 11.5. The van der Waals surface area contributed by atoms with Crippen molar-refractivity contribution >= 4 is 75.6 Å². The molecule has 8 heteroatoms. The van der Waals surface area contributed by atoms with Crippen molar-refractivity contribution in [3.63, 3.8) is 0 Å². The van der Waals surface area contributed by atoms with Gasteiger partial charge in [-0.3, -0.25) is 0 Å². The van der Waals surface area contributed by atoms with Crippen molar-refractivity contribution in [2.45, 2.75) is 6.92 Å². The summed E-state index contributed by atoms with van der Waals surface area (Å²) in [6.45, 7) is 1.56. The van der Waals surface area contributed by atoms with Crippen molar-refractivity contribution in [2.75, 3.05) is 0 Å². The zero-order valence-corrected chi connectivity index (χ0v) is 13.2. The van der Waals surface area contributed by atoms with Crippen LogP contribution in [-0.2, 0) is 4.79 Å². The normalized spacial score (nSPS) is 11.6. The Hall–Kier alpha value is 0.170. The van der Waals surface area contributed by atoms with Gasteiger partial charge in [0, 0.05) is 0 Å². The first-order valence-corrected chi connectivity index (χ1v) is 6.63. The SMILES string of the molecule is C/C=C(\Cl)C(=O)Oc1c(Cl)c(Cl)c(Cl)c(Cl)c1Cl. The van der Waals surface area contributed by atoms with Crippen molar-refractivity contribution in [2.24, 2.45) is 0 Å². The van der Waals surface area contributed by atoms with Crippen molar-refractivity contribution in [1.82, 2.24) is 0 Å². The van der Waals surface area contributed by atoms with Crippen molar-refractivity contribution in [3.8, 4) is 5.75 Å². The Balaban J connectivity index is 3.31. The predicted octanol–water partition coefficient (Wildman–Crippen LogP) is 6.00. The van der Waals surface area contributed by atoms with E-state index in [1.807, 2.05) is 0 Å². The largest absolute Gasteiger partial charge is 0.419 e. The Morgan fingerprint density at radius 2 is 1.33 bits per heavy atom. The maximum Gasteiger partial charge on any atom is 0.354 e. The van der Waals surface area contributed by atoms with Crippen molar-refractivity contribution < 1.29 is 9.53 Å². The van der Waals surface area contributed by atoms with Crippen LogP contribution in [0, 0.1) is 0 Å². The molecule has 0 atom stereocenters. The van der Waals surface area contributed by atoms with Crippen LogP contribution >= 0.6 is 69.6 Å². The van der Waals surface area contributed by atoms with E-state index >= 15 is 0 Å². The van der Waals surface area contributed by atoms with Gasteiger partial charge in [0.15, 0.2) is 5.75 Å². The van der Waals surface area contributed by atoms with Crippen LogP contribution in [0.2, 0.25) is 25.1 Å². The summed E-state index contributed by atoms with van der Waals surface area (Å²) in [5.74, 6) is -1.03. The molecule has 0 aliphatic heterocycles. The second-order valence-corrected chi connectivity index (χ2v) is 5.22. The third kappa shape index (κ3) is 3.19. The monoisotopic (exact) mass is 366 g/mol. The summed E-state index contributed by atoms with van der Waals surface area (Å²) in [6.07, 6.45) is 1.35. The number of carbonyl (C=O) groups is 1. The molecule has 0 N–H and O–H groups in total. The van der Waals surface area contributed by atoms with E-state index in [9.17, 15) is 4.79 Å². The smallest absolute Gasteiger partial charge is 0.354 e. The summed E-state index contributed by atoms with van der Waals surface area (Å²) in [6, 6.07) is 0. The highest BCUT2D eigenvalue weighted by atomic mass is 35.5. The molecule has 0 saturated carbocycles. The Morgan fingerprint density at radius 1 is 0.944 bits per heavy atom. The maximum absolute atomic E-state index is 11.5.